The third-order valence-electron chi connectivity index (χ3n) is 4.64. The summed E-state index contributed by atoms with van der Waals surface area (Å²) in [5.74, 6) is 0.767. The molecule has 0 N–H and O–H groups in total. The molecule has 0 bridgehead atoms. The van der Waals surface area contributed by atoms with Crippen LogP contribution in [0.5, 0.6) is 0 Å². The molecule has 114 valence electrons. The Bertz CT molecular complexity index is 431. The number of hydrogen-bond acceptors (Lipinski definition) is 2. The normalized spacial score (nSPS) is 23.1. The molecule has 0 aromatic heterocycles. The van der Waals surface area contributed by atoms with Gasteiger partial charge in [0.15, 0.2) is 0 Å². The Labute approximate surface area is 126 Å². The summed E-state index contributed by atoms with van der Waals surface area (Å²) in [5.41, 5.74) is 1.66. The maximum Gasteiger partial charge on any atom is 0.250 e. The monoisotopic (exact) mass is 293 g/mol. The first-order valence-corrected chi connectivity index (χ1v) is 10.2. The summed E-state index contributed by atoms with van der Waals surface area (Å²) >= 11 is 0. The van der Waals surface area contributed by atoms with Crippen molar-refractivity contribution >= 4 is 8.32 Å². The first-order chi connectivity index (χ1) is 8.87. The molecule has 0 unspecified atom stereocenters. The third kappa shape index (κ3) is 4.27. The summed E-state index contributed by atoms with van der Waals surface area (Å²) < 4.78 is 6.13. The van der Waals surface area contributed by atoms with Crippen molar-refractivity contribution in [1.29, 1.82) is 0 Å². The van der Waals surface area contributed by atoms with Crippen LogP contribution in [0, 0.1) is 5.41 Å². The Balaban J connectivity index is 2.50. The molecule has 1 saturated carbocycles. The van der Waals surface area contributed by atoms with Crippen molar-refractivity contribution < 1.29 is 4.43 Å². The van der Waals surface area contributed by atoms with Crippen molar-refractivity contribution in [2.24, 2.45) is 5.41 Å². The molecular formula is C17H31NOSi. The van der Waals surface area contributed by atoms with Crippen LogP contribution < -0.4 is 0 Å². The Morgan fingerprint density at radius 1 is 1.45 bits per heavy atom. The molecule has 1 rings (SSSR count). The minimum Gasteiger partial charge on any atom is -0.544 e. The maximum absolute atomic E-state index is 6.13. The summed E-state index contributed by atoms with van der Waals surface area (Å²) in [6.07, 6.45) is 5.19. The molecule has 0 heterocycles. The molecule has 1 fully saturated rings. The highest BCUT2D eigenvalue weighted by Gasteiger charge is 2.42. The van der Waals surface area contributed by atoms with E-state index in [2.05, 4.69) is 72.1 Å². The summed E-state index contributed by atoms with van der Waals surface area (Å²) in [7, 11) is 0.321. The zero-order valence-corrected chi connectivity index (χ0v) is 15.3. The fraction of sp³-hybridized carbons (Fsp3) is 0.647. The second-order valence-electron chi connectivity index (χ2n) is 7.90. The van der Waals surface area contributed by atoms with Crippen LogP contribution in [-0.2, 0) is 4.43 Å². The molecule has 3 heteroatoms. The first kappa shape index (κ1) is 17.1. The van der Waals surface area contributed by atoms with E-state index in [1.165, 1.54) is 5.57 Å². The van der Waals surface area contributed by atoms with Gasteiger partial charge in [0.05, 0.1) is 5.76 Å². The van der Waals surface area contributed by atoms with E-state index in [4.69, 9.17) is 4.43 Å². The number of nitrogens with zero attached hydrogens (tertiary/aromatic N) is 1. The topological polar surface area (TPSA) is 12.5 Å². The van der Waals surface area contributed by atoms with E-state index in [1.54, 1.807) is 0 Å². The van der Waals surface area contributed by atoms with Crippen LogP contribution in [0.15, 0.2) is 36.8 Å². The van der Waals surface area contributed by atoms with Crippen LogP contribution in [-0.4, -0.2) is 26.8 Å². The van der Waals surface area contributed by atoms with Crippen molar-refractivity contribution in [3.8, 4) is 0 Å². The van der Waals surface area contributed by atoms with Gasteiger partial charge in [-0.3, -0.25) is 0 Å². The van der Waals surface area contributed by atoms with Crippen molar-refractivity contribution in [2.45, 2.75) is 52.2 Å². The molecular weight excluding hydrogens is 262 g/mol. The number of allylic oxidation sites excluding steroid dienone is 1. The van der Waals surface area contributed by atoms with Gasteiger partial charge in [0, 0.05) is 25.2 Å². The molecule has 0 saturated heterocycles. The lowest BCUT2D eigenvalue weighted by Gasteiger charge is -2.36. The van der Waals surface area contributed by atoms with E-state index in [-0.39, 0.29) is 5.04 Å². The molecule has 1 atom stereocenters. The van der Waals surface area contributed by atoms with Gasteiger partial charge in [0.1, 0.15) is 0 Å². The molecule has 0 aliphatic heterocycles. The summed E-state index contributed by atoms with van der Waals surface area (Å²) in [6.45, 7) is 22.6. The number of rotatable bonds is 6. The molecule has 20 heavy (non-hydrogen) atoms. The predicted octanol–water partition coefficient (Wildman–Crippen LogP) is 4.93. The van der Waals surface area contributed by atoms with Crippen molar-refractivity contribution in [3.05, 3.63) is 36.8 Å². The highest BCUT2D eigenvalue weighted by Crippen LogP contribution is 2.50. The SMILES string of the molecule is C=C(/C=C/N(C)C[C@@]1(C)CC1=C)O[Si](C)(C)C(C)(C)C. The van der Waals surface area contributed by atoms with Gasteiger partial charge in [-0.15, -0.1) is 0 Å². The van der Waals surface area contributed by atoms with E-state index >= 15 is 0 Å². The summed E-state index contributed by atoms with van der Waals surface area (Å²) in [5, 5.41) is 0.203. The number of hydrogen-bond donors (Lipinski definition) is 0. The Hall–Kier alpha value is -0.963. The van der Waals surface area contributed by atoms with Crippen LogP contribution in [0.25, 0.3) is 0 Å². The van der Waals surface area contributed by atoms with Gasteiger partial charge in [0.25, 0.3) is 0 Å². The molecule has 0 aromatic rings. The van der Waals surface area contributed by atoms with Gasteiger partial charge in [-0.2, -0.15) is 0 Å². The lowest BCUT2D eigenvalue weighted by molar-refractivity contribution is 0.364. The van der Waals surface area contributed by atoms with Crippen molar-refractivity contribution in [2.75, 3.05) is 13.6 Å². The highest BCUT2D eigenvalue weighted by atomic mass is 28.4. The second-order valence-corrected chi connectivity index (χ2v) is 12.6. The average Bonchev–Trinajstić information content (AvgIpc) is 2.80. The lowest BCUT2D eigenvalue weighted by Crippen LogP contribution is -2.40. The van der Waals surface area contributed by atoms with Crippen LogP contribution in [0.2, 0.25) is 18.1 Å². The van der Waals surface area contributed by atoms with Gasteiger partial charge >= 0.3 is 0 Å². The molecule has 1 aliphatic carbocycles. The lowest BCUT2D eigenvalue weighted by atomic mass is 10.1. The fourth-order valence-electron chi connectivity index (χ4n) is 1.92. The minimum atomic E-state index is -1.77. The zero-order chi connectivity index (χ0) is 15.8. The quantitative estimate of drug-likeness (QED) is 0.298. The van der Waals surface area contributed by atoms with Crippen LogP contribution >= 0.6 is 0 Å². The van der Waals surface area contributed by atoms with Gasteiger partial charge in [-0.05, 0) is 30.6 Å². The Kier molecular flexibility index (Phi) is 4.64. The van der Waals surface area contributed by atoms with Crippen molar-refractivity contribution in [3.63, 3.8) is 0 Å². The predicted molar refractivity (Wildman–Crippen MR) is 91.1 cm³/mol. The van der Waals surface area contributed by atoms with E-state index in [0.29, 0.717) is 5.41 Å². The fourth-order valence-corrected chi connectivity index (χ4v) is 2.95. The van der Waals surface area contributed by atoms with Crippen molar-refractivity contribution in [1.82, 2.24) is 4.90 Å². The molecule has 2 nitrogen and oxygen atoms in total. The standard InChI is InChI=1S/C17H31NOSi/c1-14-12-17(14,6)13-18(7)11-10-15(2)19-20(8,9)16(3,4)5/h10-11H,1-2,12-13H2,3-9H3/b11-10+/t17-/m1/s1. The molecule has 0 radical (unpaired) electrons. The van der Waals surface area contributed by atoms with Crippen LogP contribution in [0.3, 0.4) is 0 Å². The molecule has 0 aromatic carbocycles. The molecule has 0 amide bonds. The third-order valence-corrected chi connectivity index (χ3v) is 9.02. The van der Waals surface area contributed by atoms with Crippen LogP contribution in [0.4, 0.5) is 0 Å². The summed E-state index contributed by atoms with van der Waals surface area (Å²) in [4.78, 5) is 2.19. The van der Waals surface area contributed by atoms with Gasteiger partial charge in [0.2, 0.25) is 8.32 Å². The van der Waals surface area contributed by atoms with E-state index in [1.807, 2.05) is 6.08 Å². The van der Waals surface area contributed by atoms with E-state index < -0.39 is 8.32 Å². The Morgan fingerprint density at radius 3 is 2.35 bits per heavy atom. The van der Waals surface area contributed by atoms with Gasteiger partial charge in [-0.1, -0.05) is 46.4 Å². The Morgan fingerprint density at radius 2 is 1.95 bits per heavy atom. The maximum atomic E-state index is 6.13. The summed E-state index contributed by atoms with van der Waals surface area (Å²) in [6, 6.07) is 0. The van der Waals surface area contributed by atoms with E-state index in [0.717, 1.165) is 18.7 Å². The molecule has 1 aliphatic rings. The zero-order valence-electron chi connectivity index (χ0n) is 14.3. The second kappa shape index (κ2) is 5.43. The average molecular weight is 294 g/mol. The smallest absolute Gasteiger partial charge is 0.250 e. The van der Waals surface area contributed by atoms with Gasteiger partial charge in [-0.25, -0.2) is 0 Å². The highest BCUT2D eigenvalue weighted by molar-refractivity contribution is 6.74. The minimum absolute atomic E-state index is 0.203. The largest absolute Gasteiger partial charge is 0.544 e. The van der Waals surface area contributed by atoms with Crippen LogP contribution in [0.1, 0.15) is 34.1 Å². The first-order valence-electron chi connectivity index (χ1n) is 7.32. The molecule has 0 spiro atoms. The van der Waals surface area contributed by atoms with Gasteiger partial charge < -0.3 is 9.33 Å². The van der Waals surface area contributed by atoms with E-state index in [9.17, 15) is 0 Å².